The summed E-state index contributed by atoms with van der Waals surface area (Å²) >= 11 is 3.26. The van der Waals surface area contributed by atoms with Crippen LogP contribution in [0.1, 0.15) is 19.3 Å². The normalized spacial score (nSPS) is 24.3. The van der Waals surface area contributed by atoms with E-state index in [2.05, 4.69) is 20.7 Å². The van der Waals surface area contributed by atoms with Gasteiger partial charge in [-0.3, -0.25) is 0 Å². The van der Waals surface area contributed by atoms with Gasteiger partial charge in [0.15, 0.2) is 0 Å². The zero-order chi connectivity index (χ0) is 13.2. The molecule has 1 aromatic rings. The van der Waals surface area contributed by atoms with Gasteiger partial charge < -0.3 is 4.74 Å². The molecule has 0 heterocycles. The zero-order valence-electron chi connectivity index (χ0n) is 10.1. The van der Waals surface area contributed by atoms with Gasteiger partial charge in [0.25, 0.3) is 0 Å². The second-order valence-corrected chi connectivity index (χ2v) is 6.90. The maximum absolute atomic E-state index is 12.3. The van der Waals surface area contributed by atoms with Crippen LogP contribution in [-0.2, 0) is 14.8 Å². The first-order valence-corrected chi connectivity index (χ1v) is 8.12. The van der Waals surface area contributed by atoms with E-state index in [-0.39, 0.29) is 17.0 Å². The van der Waals surface area contributed by atoms with Crippen LogP contribution in [0.4, 0.5) is 0 Å². The molecule has 0 amide bonds. The summed E-state index contributed by atoms with van der Waals surface area (Å²) in [5.41, 5.74) is 0. The van der Waals surface area contributed by atoms with Crippen LogP contribution < -0.4 is 4.72 Å². The van der Waals surface area contributed by atoms with Crippen molar-refractivity contribution in [2.45, 2.75) is 36.3 Å². The molecule has 4 nitrogen and oxygen atoms in total. The molecule has 18 heavy (non-hydrogen) atoms. The standard InChI is InChI=1S/C12H16BrNO3S/c1-17-11-7-4-6-10(11)14-18(15,16)12-8-3-2-5-9(12)13/h2-3,5,8,10-11,14H,4,6-7H2,1H3. The summed E-state index contributed by atoms with van der Waals surface area (Å²) < 4.78 is 33.1. The van der Waals surface area contributed by atoms with Crippen LogP contribution in [0.25, 0.3) is 0 Å². The Bertz CT molecular complexity index is 518. The Hall–Kier alpha value is -0.430. The molecule has 2 atom stereocenters. The molecule has 100 valence electrons. The van der Waals surface area contributed by atoms with Gasteiger partial charge in [0.05, 0.1) is 11.0 Å². The monoisotopic (exact) mass is 333 g/mol. The molecular formula is C12H16BrNO3S. The third-order valence-corrected chi connectivity index (χ3v) is 5.69. The van der Waals surface area contributed by atoms with Gasteiger partial charge in [0, 0.05) is 17.6 Å². The number of benzene rings is 1. The van der Waals surface area contributed by atoms with Crippen LogP contribution in [0.5, 0.6) is 0 Å². The molecule has 0 aromatic heterocycles. The predicted octanol–water partition coefficient (Wildman–Crippen LogP) is 2.29. The molecule has 1 aliphatic carbocycles. The largest absolute Gasteiger partial charge is 0.380 e. The molecule has 0 spiro atoms. The first kappa shape index (κ1) is 14.0. The second-order valence-electron chi connectivity index (χ2n) is 4.36. The molecule has 0 bridgehead atoms. The first-order chi connectivity index (χ1) is 8.54. The number of sulfonamides is 1. The average molecular weight is 334 g/mol. The Kier molecular flexibility index (Phi) is 4.42. The van der Waals surface area contributed by atoms with Crippen LogP contribution in [0.3, 0.4) is 0 Å². The topological polar surface area (TPSA) is 55.4 Å². The molecule has 0 aliphatic heterocycles. The summed E-state index contributed by atoms with van der Waals surface area (Å²) in [6, 6.07) is 6.67. The van der Waals surface area contributed by atoms with E-state index in [9.17, 15) is 8.42 Å². The highest BCUT2D eigenvalue weighted by Gasteiger charge is 2.31. The number of methoxy groups -OCH3 is 1. The summed E-state index contributed by atoms with van der Waals surface area (Å²) in [4.78, 5) is 0.270. The number of halogens is 1. The fourth-order valence-electron chi connectivity index (χ4n) is 2.27. The maximum Gasteiger partial charge on any atom is 0.242 e. The molecule has 1 fully saturated rings. The molecular weight excluding hydrogens is 318 g/mol. The summed E-state index contributed by atoms with van der Waals surface area (Å²) in [6.45, 7) is 0. The fourth-order valence-corrected chi connectivity index (χ4v) is 4.57. The quantitative estimate of drug-likeness (QED) is 0.919. The molecule has 2 unspecified atom stereocenters. The number of hydrogen-bond donors (Lipinski definition) is 1. The van der Waals surface area contributed by atoms with Crippen molar-refractivity contribution in [1.82, 2.24) is 4.72 Å². The van der Waals surface area contributed by atoms with E-state index in [0.717, 1.165) is 19.3 Å². The number of ether oxygens (including phenoxy) is 1. The molecule has 2 rings (SSSR count). The Morgan fingerprint density at radius 2 is 2.06 bits per heavy atom. The van der Waals surface area contributed by atoms with Crippen molar-refractivity contribution in [3.63, 3.8) is 0 Å². The maximum atomic E-state index is 12.3. The lowest BCUT2D eigenvalue weighted by Crippen LogP contribution is -2.40. The highest BCUT2D eigenvalue weighted by atomic mass is 79.9. The minimum Gasteiger partial charge on any atom is -0.380 e. The van der Waals surface area contributed by atoms with Crippen molar-refractivity contribution in [2.24, 2.45) is 0 Å². The van der Waals surface area contributed by atoms with Crippen LogP contribution in [0.15, 0.2) is 33.6 Å². The van der Waals surface area contributed by atoms with Gasteiger partial charge in [-0.1, -0.05) is 12.1 Å². The summed E-state index contributed by atoms with van der Waals surface area (Å²) in [5, 5.41) is 0. The third kappa shape index (κ3) is 2.93. The van der Waals surface area contributed by atoms with E-state index in [4.69, 9.17) is 4.74 Å². The van der Waals surface area contributed by atoms with Gasteiger partial charge in [-0.05, 0) is 47.3 Å². The minimum atomic E-state index is -3.49. The Morgan fingerprint density at radius 3 is 2.72 bits per heavy atom. The summed E-state index contributed by atoms with van der Waals surface area (Å²) in [5.74, 6) is 0. The highest BCUT2D eigenvalue weighted by molar-refractivity contribution is 9.10. The minimum absolute atomic E-state index is 0.0257. The average Bonchev–Trinajstić information content (AvgIpc) is 2.76. The van der Waals surface area contributed by atoms with Crippen molar-refractivity contribution >= 4 is 26.0 Å². The van der Waals surface area contributed by atoms with Crippen LogP contribution in [0, 0.1) is 0 Å². The Morgan fingerprint density at radius 1 is 1.33 bits per heavy atom. The predicted molar refractivity (Wildman–Crippen MR) is 72.9 cm³/mol. The smallest absolute Gasteiger partial charge is 0.242 e. The van der Waals surface area contributed by atoms with Crippen molar-refractivity contribution in [1.29, 1.82) is 0 Å². The molecule has 0 saturated heterocycles. The van der Waals surface area contributed by atoms with Crippen molar-refractivity contribution < 1.29 is 13.2 Å². The first-order valence-electron chi connectivity index (χ1n) is 5.84. The molecule has 1 saturated carbocycles. The lowest BCUT2D eigenvalue weighted by Gasteiger charge is -2.19. The van der Waals surface area contributed by atoms with E-state index in [1.165, 1.54) is 0 Å². The van der Waals surface area contributed by atoms with Crippen LogP contribution in [0.2, 0.25) is 0 Å². The Balaban J connectivity index is 2.20. The van der Waals surface area contributed by atoms with Gasteiger partial charge in [-0.15, -0.1) is 0 Å². The zero-order valence-corrected chi connectivity index (χ0v) is 12.5. The van der Waals surface area contributed by atoms with Gasteiger partial charge in [-0.25, -0.2) is 13.1 Å². The number of rotatable bonds is 4. The lowest BCUT2D eigenvalue weighted by molar-refractivity contribution is 0.0916. The second kappa shape index (κ2) is 5.69. The van der Waals surface area contributed by atoms with Crippen molar-refractivity contribution in [3.05, 3.63) is 28.7 Å². The van der Waals surface area contributed by atoms with Crippen LogP contribution in [-0.4, -0.2) is 27.7 Å². The highest BCUT2D eigenvalue weighted by Crippen LogP contribution is 2.26. The molecule has 1 aliphatic rings. The molecule has 6 heteroatoms. The number of nitrogens with one attached hydrogen (secondary N) is 1. The molecule has 1 aromatic carbocycles. The van der Waals surface area contributed by atoms with Gasteiger partial charge in [0.2, 0.25) is 10.0 Å². The summed E-state index contributed by atoms with van der Waals surface area (Å²) in [7, 11) is -1.87. The SMILES string of the molecule is COC1CCCC1NS(=O)(=O)c1ccccc1Br. The molecule has 1 N–H and O–H groups in total. The fraction of sp³-hybridized carbons (Fsp3) is 0.500. The van der Waals surface area contributed by atoms with Crippen molar-refractivity contribution in [2.75, 3.05) is 7.11 Å². The molecule has 0 radical (unpaired) electrons. The van der Waals surface area contributed by atoms with E-state index >= 15 is 0 Å². The van der Waals surface area contributed by atoms with E-state index in [1.54, 1.807) is 31.4 Å². The summed E-state index contributed by atoms with van der Waals surface area (Å²) in [6.07, 6.45) is 2.69. The van der Waals surface area contributed by atoms with Gasteiger partial charge in [0.1, 0.15) is 0 Å². The van der Waals surface area contributed by atoms with Gasteiger partial charge in [-0.2, -0.15) is 0 Å². The number of hydrogen-bond acceptors (Lipinski definition) is 3. The van der Waals surface area contributed by atoms with E-state index in [1.807, 2.05) is 0 Å². The van der Waals surface area contributed by atoms with E-state index in [0.29, 0.717) is 4.47 Å². The van der Waals surface area contributed by atoms with Crippen LogP contribution >= 0.6 is 15.9 Å². The van der Waals surface area contributed by atoms with Crippen molar-refractivity contribution in [3.8, 4) is 0 Å². The third-order valence-electron chi connectivity index (χ3n) is 3.19. The van der Waals surface area contributed by atoms with Gasteiger partial charge >= 0.3 is 0 Å². The Labute approximate surface area is 116 Å². The van der Waals surface area contributed by atoms with E-state index < -0.39 is 10.0 Å². The lowest BCUT2D eigenvalue weighted by atomic mass is 10.2.